The van der Waals surface area contributed by atoms with Gasteiger partial charge in [-0.25, -0.2) is 4.39 Å². The number of carbonyl (C=O) groups excluding carboxylic acids is 1. The monoisotopic (exact) mass is 310 g/mol. The molecule has 0 unspecified atom stereocenters. The third-order valence-corrected chi connectivity index (χ3v) is 4.38. The number of nitrogens with one attached hydrogen (secondary N) is 1. The number of aromatic hydroxyl groups is 1. The van der Waals surface area contributed by atoms with Crippen LogP contribution < -0.4 is 11.1 Å². The topological polar surface area (TPSA) is 75.3 Å². The van der Waals surface area contributed by atoms with Gasteiger partial charge in [-0.1, -0.05) is 37.9 Å². The Bertz CT molecular complexity index is 555. The summed E-state index contributed by atoms with van der Waals surface area (Å²) in [5.74, 6) is -1.47. The lowest BCUT2D eigenvalue weighted by Crippen LogP contribution is -2.56. The zero-order valence-corrected chi connectivity index (χ0v) is 12.5. The SMILES string of the molecule is NC(=S)C1(NC(=O)c2ccc(F)cc2O)CCCCCC1. The lowest BCUT2D eigenvalue weighted by Gasteiger charge is -2.33. The van der Waals surface area contributed by atoms with Gasteiger partial charge in [0.1, 0.15) is 11.6 Å². The number of carbonyl (C=O) groups is 1. The van der Waals surface area contributed by atoms with Gasteiger partial charge in [0.15, 0.2) is 0 Å². The van der Waals surface area contributed by atoms with E-state index in [4.69, 9.17) is 18.0 Å². The van der Waals surface area contributed by atoms with Crippen LogP contribution in [-0.4, -0.2) is 21.5 Å². The lowest BCUT2D eigenvalue weighted by molar-refractivity contribution is 0.0914. The molecule has 4 nitrogen and oxygen atoms in total. The summed E-state index contributed by atoms with van der Waals surface area (Å²) < 4.78 is 13.0. The van der Waals surface area contributed by atoms with Gasteiger partial charge in [0.25, 0.3) is 5.91 Å². The molecule has 0 aliphatic heterocycles. The van der Waals surface area contributed by atoms with E-state index >= 15 is 0 Å². The summed E-state index contributed by atoms with van der Waals surface area (Å²) in [6.45, 7) is 0. The normalized spacial score (nSPS) is 17.8. The van der Waals surface area contributed by atoms with Crippen LogP contribution >= 0.6 is 12.2 Å². The van der Waals surface area contributed by atoms with Gasteiger partial charge in [0.05, 0.1) is 16.1 Å². The van der Waals surface area contributed by atoms with Gasteiger partial charge in [0.2, 0.25) is 0 Å². The number of hydrogen-bond donors (Lipinski definition) is 3. The minimum Gasteiger partial charge on any atom is -0.507 e. The van der Waals surface area contributed by atoms with Crippen LogP contribution in [0.3, 0.4) is 0 Å². The standard InChI is InChI=1S/C15H19FN2O2S/c16-10-5-6-11(12(19)9-10)13(20)18-15(14(17)21)7-3-1-2-4-8-15/h5-6,9,19H,1-4,7-8H2,(H2,17,21)(H,18,20). The van der Waals surface area contributed by atoms with E-state index < -0.39 is 17.3 Å². The van der Waals surface area contributed by atoms with Crippen LogP contribution in [-0.2, 0) is 0 Å². The Kier molecular flexibility index (Phi) is 4.77. The summed E-state index contributed by atoms with van der Waals surface area (Å²) in [4.78, 5) is 12.6. The van der Waals surface area contributed by atoms with Gasteiger partial charge in [-0.05, 0) is 25.0 Å². The minimum atomic E-state index is -0.719. The molecular weight excluding hydrogens is 291 g/mol. The molecule has 6 heteroatoms. The summed E-state index contributed by atoms with van der Waals surface area (Å²) >= 11 is 5.15. The second-order valence-corrected chi connectivity index (χ2v) is 5.92. The van der Waals surface area contributed by atoms with Crippen molar-refractivity contribution in [2.24, 2.45) is 5.73 Å². The number of amides is 1. The second kappa shape index (κ2) is 6.39. The van der Waals surface area contributed by atoms with E-state index in [1.54, 1.807) is 0 Å². The first-order valence-corrected chi connectivity index (χ1v) is 7.46. The first-order valence-electron chi connectivity index (χ1n) is 7.05. The Morgan fingerprint density at radius 3 is 2.43 bits per heavy atom. The molecule has 1 aliphatic rings. The van der Waals surface area contributed by atoms with Crippen LogP contribution in [0.15, 0.2) is 18.2 Å². The summed E-state index contributed by atoms with van der Waals surface area (Å²) in [5.41, 5.74) is 5.16. The highest BCUT2D eigenvalue weighted by Gasteiger charge is 2.36. The van der Waals surface area contributed by atoms with Gasteiger partial charge in [-0.2, -0.15) is 0 Å². The van der Waals surface area contributed by atoms with Gasteiger partial charge in [-0.3, -0.25) is 4.79 Å². The number of rotatable bonds is 3. The summed E-state index contributed by atoms with van der Waals surface area (Å²) in [6, 6.07) is 3.30. The molecule has 4 N–H and O–H groups in total. The molecular formula is C15H19FN2O2S. The molecule has 21 heavy (non-hydrogen) atoms. The van der Waals surface area contributed by atoms with Gasteiger partial charge in [-0.15, -0.1) is 0 Å². The van der Waals surface area contributed by atoms with Crippen molar-refractivity contribution >= 4 is 23.1 Å². The fraction of sp³-hybridized carbons (Fsp3) is 0.467. The van der Waals surface area contributed by atoms with Crippen LogP contribution in [0.4, 0.5) is 4.39 Å². The largest absolute Gasteiger partial charge is 0.507 e. The molecule has 1 fully saturated rings. The van der Waals surface area contributed by atoms with E-state index in [9.17, 15) is 14.3 Å². The molecule has 0 saturated heterocycles. The maximum Gasteiger partial charge on any atom is 0.255 e. The van der Waals surface area contributed by atoms with Crippen LogP contribution in [0.25, 0.3) is 0 Å². The van der Waals surface area contributed by atoms with Crippen molar-refractivity contribution in [3.05, 3.63) is 29.6 Å². The van der Waals surface area contributed by atoms with E-state index in [-0.39, 0.29) is 16.3 Å². The van der Waals surface area contributed by atoms with Gasteiger partial charge >= 0.3 is 0 Å². The Hall–Kier alpha value is -1.69. The maximum absolute atomic E-state index is 13.0. The van der Waals surface area contributed by atoms with Gasteiger partial charge < -0.3 is 16.2 Å². The van der Waals surface area contributed by atoms with Crippen molar-refractivity contribution in [1.29, 1.82) is 0 Å². The molecule has 0 aromatic heterocycles. The highest BCUT2D eigenvalue weighted by atomic mass is 32.1. The first-order chi connectivity index (χ1) is 9.94. The molecule has 1 amide bonds. The Morgan fingerprint density at radius 1 is 1.29 bits per heavy atom. The zero-order valence-electron chi connectivity index (χ0n) is 11.7. The molecule has 0 bridgehead atoms. The molecule has 0 radical (unpaired) electrons. The fourth-order valence-electron chi connectivity index (χ4n) is 2.75. The zero-order chi connectivity index (χ0) is 15.5. The van der Waals surface area contributed by atoms with Crippen LogP contribution in [0.1, 0.15) is 48.9 Å². The van der Waals surface area contributed by atoms with E-state index in [0.717, 1.165) is 37.8 Å². The minimum absolute atomic E-state index is 0.0243. The molecule has 1 saturated carbocycles. The summed E-state index contributed by atoms with van der Waals surface area (Å²) in [6.07, 6.45) is 5.43. The van der Waals surface area contributed by atoms with Crippen molar-refractivity contribution < 1.29 is 14.3 Å². The van der Waals surface area contributed by atoms with Crippen molar-refractivity contribution in [2.45, 2.75) is 44.1 Å². The third-order valence-electron chi connectivity index (χ3n) is 3.99. The average molecular weight is 310 g/mol. The summed E-state index contributed by atoms with van der Waals surface area (Å²) in [7, 11) is 0. The number of phenols is 1. The van der Waals surface area contributed by atoms with Gasteiger partial charge in [0, 0.05) is 6.07 Å². The molecule has 0 heterocycles. The Balaban J connectivity index is 2.24. The van der Waals surface area contributed by atoms with Crippen LogP contribution in [0.2, 0.25) is 0 Å². The quantitative estimate of drug-likeness (QED) is 0.592. The van der Waals surface area contributed by atoms with E-state index in [2.05, 4.69) is 5.32 Å². The van der Waals surface area contributed by atoms with Crippen molar-refractivity contribution in [2.75, 3.05) is 0 Å². The number of phenolic OH excluding ortho intramolecular Hbond substituents is 1. The van der Waals surface area contributed by atoms with E-state index in [1.165, 1.54) is 6.07 Å². The number of nitrogens with two attached hydrogens (primary N) is 1. The molecule has 1 aliphatic carbocycles. The van der Waals surface area contributed by atoms with Crippen LogP contribution in [0.5, 0.6) is 5.75 Å². The Morgan fingerprint density at radius 2 is 1.90 bits per heavy atom. The van der Waals surface area contributed by atoms with Crippen LogP contribution in [0, 0.1) is 5.82 Å². The molecule has 0 spiro atoms. The number of benzene rings is 1. The predicted octanol–water partition coefficient (Wildman–Crippen LogP) is 2.64. The number of halogens is 1. The molecule has 2 rings (SSSR count). The molecule has 1 aromatic carbocycles. The van der Waals surface area contributed by atoms with E-state index in [1.807, 2.05) is 0 Å². The third kappa shape index (κ3) is 3.50. The maximum atomic E-state index is 13.0. The average Bonchev–Trinajstić information content (AvgIpc) is 2.65. The highest BCUT2D eigenvalue weighted by molar-refractivity contribution is 7.80. The molecule has 1 aromatic rings. The number of hydrogen-bond acceptors (Lipinski definition) is 3. The summed E-state index contributed by atoms with van der Waals surface area (Å²) in [5, 5.41) is 12.6. The van der Waals surface area contributed by atoms with Crippen molar-refractivity contribution in [3.8, 4) is 5.75 Å². The van der Waals surface area contributed by atoms with Crippen molar-refractivity contribution in [3.63, 3.8) is 0 Å². The molecule has 114 valence electrons. The smallest absolute Gasteiger partial charge is 0.255 e. The lowest BCUT2D eigenvalue weighted by atomic mass is 9.89. The van der Waals surface area contributed by atoms with Crippen molar-refractivity contribution in [1.82, 2.24) is 5.32 Å². The fourth-order valence-corrected chi connectivity index (χ4v) is 3.00. The number of thiocarbonyl (C=S) groups is 1. The van der Waals surface area contributed by atoms with E-state index in [0.29, 0.717) is 12.8 Å². The first kappa shape index (κ1) is 15.7. The highest BCUT2D eigenvalue weighted by Crippen LogP contribution is 2.29. The second-order valence-electron chi connectivity index (χ2n) is 5.48. The Labute approximate surface area is 128 Å². The predicted molar refractivity (Wildman–Crippen MR) is 82.7 cm³/mol. The molecule has 0 atom stereocenters.